The van der Waals surface area contributed by atoms with E-state index in [2.05, 4.69) is 5.32 Å². The SMILES string of the molecule is O=C(CCN1C(=O)[C@H]2CC=CC[C@H]2C1=O)Nc1cc(C(F)(F)F)ccc1Cl. The summed E-state index contributed by atoms with van der Waals surface area (Å²) in [6.07, 6.45) is -0.0777. The van der Waals surface area contributed by atoms with Gasteiger partial charge in [0.1, 0.15) is 0 Å². The lowest BCUT2D eigenvalue weighted by Gasteiger charge is -2.15. The number of anilines is 1. The Hall–Kier alpha value is -2.35. The molecule has 3 rings (SSSR count). The van der Waals surface area contributed by atoms with Gasteiger partial charge in [0.15, 0.2) is 0 Å². The molecule has 2 aliphatic rings. The van der Waals surface area contributed by atoms with Gasteiger partial charge in [0.2, 0.25) is 17.7 Å². The van der Waals surface area contributed by atoms with Crippen LogP contribution < -0.4 is 5.32 Å². The van der Waals surface area contributed by atoms with Gasteiger partial charge in [-0.2, -0.15) is 13.2 Å². The minimum Gasteiger partial charge on any atom is -0.325 e. The van der Waals surface area contributed by atoms with Crippen molar-refractivity contribution in [1.29, 1.82) is 0 Å². The maximum atomic E-state index is 12.8. The molecule has 9 heteroatoms. The Balaban J connectivity index is 1.62. The van der Waals surface area contributed by atoms with Crippen molar-refractivity contribution < 1.29 is 27.6 Å². The van der Waals surface area contributed by atoms with Crippen molar-refractivity contribution in [2.24, 2.45) is 11.8 Å². The first-order chi connectivity index (χ1) is 12.7. The average molecular weight is 401 g/mol. The fourth-order valence-electron chi connectivity index (χ4n) is 3.31. The molecule has 0 saturated carbocycles. The first kappa shape index (κ1) is 19.4. The van der Waals surface area contributed by atoms with E-state index in [9.17, 15) is 27.6 Å². The largest absolute Gasteiger partial charge is 0.416 e. The van der Waals surface area contributed by atoms with Gasteiger partial charge in [-0.15, -0.1) is 0 Å². The van der Waals surface area contributed by atoms with Crippen molar-refractivity contribution in [3.8, 4) is 0 Å². The monoisotopic (exact) mass is 400 g/mol. The number of imide groups is 1. The number of allylic oxidation sites excluding steroid dienone is 2. The highest BCUT2D eigenvalue weighted by molar-refractivity contribution is 6.33. The summed E-state index contributed by atoms with van der Waals surface area (Å²) in [5.74, 6) is -2.02. The molecule has 0 aromatic heterocycles. The van der Waals surface area contributed by atoms with Crippen LogP contribution in [-0.2, 0) is 20.6 Å². The Labute approximate surface area is 158 Å². The van der Waals surface area contributed by atoms with Gasteiger partial charge in [0, 0.05) is 13.0 Å². The van der Waals surface area contributed by atoms with Crippen molar-refractivity contribution in [2.75, 3.05) is 11.9 Å². The quantitative estimate of drug-likeness (QED) is 0.620. The van der Waals surface area contributed by atoms with Crippen LogP contribution in [-0.4, -0.2) is 29.2 Å². The highest BCUT2D eigenvalue weighted by Crippen LogP contribution is 2.36. The molecule has 0 radical (unpaired) electrons. The molecule has 0 spiro atoms. The second-order valence-electron chi connectivity index (χ2n) is 6.47. The van der Waals surface area contributed by atoms with E-state index in [1.807, 2.05) is 12.2 Å². The second-order valence-corrected chi connectivity index (χ2v) is 6.88. The van der Waals surface area contributed by atoms with Crippen LogP contribution in [0.15, 0.2) is 30.4 Å². The standard InChI is InChI=1S/C18H16ClF3N2O3/c19-13-6-5-10(18(20,21)22)9-14(13)23-15(25)7-8-24-16(26)11-3-1-2-4-12(11)17(24)27/h1-2,5-6,9,11-12H,3-4,7-8H2,(H,23,25)/t11-,12+. The molecular weight excluding hydrogens is 385 g/mol. The molecule has 0 bridgehead atoms. The molecule has 1 aromatic rings. The molecule has 1 aliphatic heterocycles. The Morgan fingerprint density at radius 3 is 2.30 bits per heavy atom. The molecule has 2 atom stereocenters. The predicted molar refractivity (Wildman–Crippen MR) is 91.8 cm³/mol. The van der Waals surface area contributed by atoms with E-state index >= 15 is 0 Å². The predicted octanol–water partition coefficient (Wildman–Crippen LogP) is 3.64. The third-order valence-corrected chi connectivity index (χ3v) is 5.06. The van der Waals surface area contributed by atoms with Gasteiger partial charge in [0.05, 0.1) is 28.1 Å². The Kier molecular flexibility index (Phi) is 5.28. The van der Waals surface area contributed by atoms with Gasteiger partial charge >= 0.3 is 6.18 Å². The van der Waals surface area contributed by atoms with Crippen molar-refractivity contribution in [3.63, 3.8) is 0 Å². The molecule has 1 fully saturated rings. The van der Waals surface area contributed by atoms with Gasteiger partial charge in [-0.05, 0) is 31.0 Å². The minimum absolute atomic E-state index is 0.0400. The zero-order chi connectivity index (χ0) is 19.8. The van der Waals surface area contributed by atoms with Gasteiger partial charge in [-0.3, -0.25) is 19.3 Å². The lowest BCUT2D eigenvalue weighted by atomic mass is 9.85. The summed E-state index contributed by atoms with van der Waals surface area (Å²) in [6.45, 7) is -0.118. The molecule has 1 aromatic carbocycles. The number of amides is 3. The van der Waals surface area contributed by atoms with E-state index in [-0.39, 0.29) is 47.3 Å². The molecule has 27 heavy (non-hydrogen) atoms. The van der Waals surface area contributed by atoms with Crippen molar-refractivity contribution in [2.45, 2.75) is 25.4 Å². The number of rotatable bonds is 4. The van der Waals surface area contributed by atoms with Crippen LogP contribution in [0.2, 0.25) is 5.02 Å². The number of likely N-dealkylation sites (tertiary alicyclic amines) is 1. The minimum atomic E-state index is -4.57. The molecule has 5 nitrogen and oxygen atoms in total. The second kappa shape index (κ2) is 7.34. The molecule has 1 saturated heterocycles. The molecule has 3 amide bonds. The number of fused-ring (bicyclic) bond motifs is 1. The summed E-state index contributed by atoms with van der Waals surface area (Å²) >= 11 is 5.84. The summed E-state index contributed by atoms with van der Waals surface area (Å²) < 4.78 is 38.3. The first-order valence-corrected chi connectivity index (χ1v) is 8.73. The van der Waals surface area contributed by atoms with E-state index in [1.54, 1.807) is 0 Å². The zero-order valence-corrected chi connectivity index (χ0v) is 14.8. The van der Waals surface area contributed by atoms with Gasteiger partial charge in [-0.25, -0.2) is 0 Å². The Morgan fingerprint density at radius 1 is 1.15 bits per heavy atom. The van der Waals surface area contributed by atoms with E-state index < -0.39 is 17.6 Å². The fraction of sp³-hybridized carbons (Fsp3) is 0.389. The van der Waals surface area contributed by atoms with Gasteiger partial charge in [-0.1, -0.05) is 23.8 Å². The van der Waals surface area contributed by atoms with Crippen LogP contribution in [0.1, 0.15) is 24.8 Å². The number of alkyl halides is 3. The number of halogens is 4. The smallest absolute Gasteiger partial charge is 0.325 e. The number of nitrogens with one attached hydrogen (secondary N) is 1. The van der Waals surface area contributed by atoms with E-state index in [4.69, 9.17) is 11.6 Å². The van der Waals surface area contributed by atoms with Crippen LogP contribution in [0.4, 0.5) is 18.9 Å². The van der Waals surface area contributed by atoms with Crippen molar-refractivity contribution in [1.82, 2.24) is 4.90 Å². The number of nitrogens with zero attached hydrogens (tertiary/aromatic N) is 1. The number of hydrogen-bond donors (Lipinski definition) is 1. The fourth-order valence-corrected chi connectivity index (χ4v) is 3.48. The van der Waals surface area contributed by atoms with Crippen molar-refractivity contribution >= 4 is 35.0 Å². The van der Waals surface area contributed by atoms with Crippen molar-refractivity contribution in [3.05, 3.63) is 40.9 Å². The van der Waals surface area contributed by atoms with Crippen LogP contribution in [0.5, 0.6) is 0 Å². The summed E-state index contributed by atoms with van der Waals surface area (Å²) in [7, 11) is 0. The molecule has 0 unspecified atom stereocenters. The molecule has 144 valence electrons. The molecule has 1 N–H and O–H groups in total. The zero-order valence-electron chi connectivity index (χ0n) is 14.1. The van der Waals surface area contributed by atoms with E-state index in [0.717, 1.165) is 23.1 Å². The third-order valence-electron chi connectivity index (χ3n) is 4.73. The lowest BCUT2D eigenvalue weighted by Crippen LogP contribution is -2.34. The van der Waals surface area contributed by atoms with Gasteiger partial charge in [0.25, 0.3) is 0 Å². The highest BCUT2D eigenvalue weighted by Gasteiger charge is 2.46. The van der Waals surface area contributed by atoms with Gasteiger partial charge < -0.3 is 5.32 Å². The van der Waals surface area contributed by atoms with Crippen LogP contribution in [0.3, 0.4) is 0 Å². The van der Waals surface area contributed by atoms with Crippen LogP contribution in [0, 0.1) is 11.8 Å². The first-order valence-electron chi connectivity index (χ1n) is 8.35. The van der Waals surface area contributed by atoms with Crippen LogP contribution in [0.25, 0.3) is 0 Å². The van der Waals surface area contributed by atoms with E-state index in [1.165, 1.54) is 0 Å². The summed E-state index contributed by atoms with van der Waals surface area (Å²) in [6, 6.07) is 2.60. The molecule has 1 aliphatic carbocycles. The average Bonchev–Trinajstić information content (AvgIpc) is 2.85. The summed E-state index contributed by atoms with van der Waals surface area (Å²) in [4.78, 5) is 37.8. The third kappa shape index (κ3) is 4.00. The highest BCUT2D eigenvalue weighted by atomic mass is 35.5. The number of carbonyl (C=O) groups is 3. The number of hydrogen-bond acceptors (Lipinski definition) is 3. The summed E-state index contributed by atoms with van der Waals surface area (Å²) in [5, 5.41) is 2.27. The molecular formula is C18H16ClF3N2O3. The number of carbonyl (C=O) groups excluding carboxylic acids is 3. The number of benzene rings is 1. The maximum Gasteiger partial charge on any atom is 0.416 e. The topological polar surface area (TPSA) is 66.5 Å². The van der Waals surface area contributed by atoms with E-state index in [0.29, 0.717) is 12.8 Å². The normalized spacial score (nSPS) is 22.1. The Morgan fingerprint density at radius 2 is 1.74 bits per heavy atom. The summed E-state index contributed by atoms with van der Waals surface area (Å²) in [5.41, 5.74) is -1.11. The maximum absolute atomic E-state index is 12.8. The lowest BCUT2D eigenvalue weighted by molar-refractivity contribution is -0.140. The van der Waals surface area contributed by atoms with Crippen LogP contribution >= 0.6 is 11.6 Å². The Bertz CT molecular complexity index is 797. The molecule has 1 heterocycles.